The van der Waals surface area contributed by atoms with Gasteiger partial charge in [-0.2, -0.15) is 0 Å². The number of fused-ring (bicyclic) bond motifs is 2. The van der Waals surface area contributed by atoms with Gasteiger partial charge in [0.25, 0.3) is 0 Å². The van der Waals surface area contributed by atoms with E-state index in [1.54, 1.807) is 14.0 Å². The lowest BCUT2D eigenvalue weighted by Gasteiger charge is -2.57. The fourth-order valence-electron chi connectivity index (χ4n) is 7.08. The van der Waals surface area contributed by atoms with E-state index in [0.717, 1.165) is 57.1 Å². The third-order valence-electron chi connectivity index (χ3n) is 8.82. The Morgan fingerprint density at radius 3 is 2.79 bits per heavy atom. The number of aliphatic hydroxyl groups is 1. The maximum Gasteiger partial charge on any atom is 0.343 e. The molecule has 5 heterocycles. The van der Waals surface area contributed by atoms with Crippen LogP contribution in [0.4, 0.5) is 0 Å². The summed E-state index contributed by atoms with van der Waals surface area (Å²) in [6, 6.07) is 1.01. The molecule has 3 saturated heterocycles. The number of hydrogen-bond donors (Lipinski definition) is 1. The van der Waals surface area contributed by atoms with E-state index < -0.39 is 5.60 Å². The molecule has 6 nitrogen and oxygen atoms in total. The molecule has 0 aromatic rings. The maximum atomic E-state index is 12.2. The van der Waals surface area contributed by atoms with Crippen molar-refractivity contribution in [2.45, 2.75) is 103 Å². The van der Waals surface area contributed by atoms with Crippen LogP contribution in [0, 0.1) is 17.8 Å². The number of rotatable bonds is 4. The molecule has 0 radical (unpaired) electrons. The van der Waals surface area contributed by atoms with Gasteiger partial charge in [-0.25, -0.2) is 4.79 Å². The summed E-state index contributed by atoms with van der Waals surface area (Å²) >= 11 is 0. The molecule has 0 saturated carbocycles. The van der Waals surface area contributed by atoms with Gasteiger partial charge in [-0.1, -0.05) is 27.2 Å². The zero-order valence-corrected chi connectivity index (χ0v) is 20.7. The first-order valence-corrected chi connectivity index (χ1v) is 12.8. The average molecular weight is 458 g/mol. The van der Waals surface area contributed by atoms with Crippen LogP contribution in [0.2, 0.25) is 0 Å². The quantitative estimate of drug-likeness (QED) is 0.612. The Balaban J connectivity index is 1.49. The van der Waals surface area contributed by atoms with Crippen molar-refractivity contribution in [3.8, 4) is 0 Å². The summed E-state index contributed by atoms with van der Waals surface area (Å²) < 4.78 is 17.6. The van der Waals surface area contributed by atoms with Crippen molar-refractivity contribution < 1.29 is 24.1 Å². The topological polar surface area (TPSA) is 68.2 Å². The molecular weight excluding hydrogens is 418 g/mol. The van der Waals surface area contributed by atoms with Crippen LogP contribution < -0.4 is 0 Å². The van der Waals surface area contributed by atoms with Crippen molar-refractivity contribution >= 4 is 5.97 Å². The molecule has 182 valence electrons. The van der Waals surface area contributed by atoms with Crippen molar-refractivity contribution in [3.05, 3.63) is 34.7 Å². The molecule has 33 heavy (non-hydrogen) atoms. The summed E-state index contributed by atoms with van der Waals surface area (Å²) in [4.78, 5) is 14.9. The van der Waals surface area contributed by atoms with Gasteiger partial charge in [0.1, 0.15) is 5.76 Å². The Labute approximate surface area is 197 Å². The number of cyclic esters (lactones) is 1. The number of nitrogens with zero attached hydrogens (tertiary/aromatic N) is 1. The van der Waals surface area contributed by atoms with Crippen molar-refractivity contribution in [1.82, 2.24) is 4.90 Å². The zero-order valence-electron chi connectivity index (χ0n) is 20.7. The molecule has 0 amide bonds. The SMILES string of the molecule is COC1=C(C)C(=O)OC1=C1OC2=CCC3CCC(O)(CCC(C)C)C4CCCC(C2C1C)N34. The van der Waals surface area contributed by atoms with Crippen LogP contribution in [0.3, 0.4) is 0 Å². The minimum atomic E-state index is -0.599. The number of esters is 1. The standard InChI is InChI=1S/C27H39NO5/c1-15(2)11-13-27(30)14-12-18-9-10-20-22(19-7-6-8-21(27)28(18)19)16(3)24(32-20)25-23(31-5)17(4)26(29)33-25/h10,15-16,18-19,21-22,30H,6-9,11-14H2,1-5H3. The average Bonchev–Trinajstić information content (AvgIpc) is 3.20. The molecule has 1 N–H and O–H groups in total. The Kier molecular flexibility index (Phi) is 5.89. The third-order valence-corrected chi connectivity index (χ3v) is 8.82. The van der Waals surface area contributed by atoms with E-state index in [2.05, 4.69) is 31.7 Å². The van der Waals surface area contributed by atoms with Gasteiger partial charge in [-0.3, -0.25) is 4.90 Å². The first-order valence-electron chi connectivity index (χ1n) is 12.8. The lowest BCUT2D eigenvalue weighted by molar-refractivity contribution is -0.144. The van der Waals surface area contributed by atoms with Gasteiger partial charge < -0.3 is 19.3 Å². The predicted molar refractivity (Wildman–Crippen MR) is 125 cm³/mol. The van der Waals surface area contributed by atoms with Gasteiger partial charge in [0.15, 0.2) is 11.5 Å². The number of carbonyl (C=O) groups excluding carboxylic acids is 1. The van der Waals surface area contributed by atoms with E-state index in [9.17, 15) is 9.90 Å². The molecule has 0 aromatic carbocycles. The van der Waals surface area contributed by atoms with Crippen LogP contribution in [0.5, 0.6) is 0 Å². The summed E-state index contributed by atoms with van der Waals surface area (Å²) in [5, 5.41) is 11.8. The molecule has 0 aromatic heterocycles. The fourth-order valence-corrected chi connectivity index (χ4v) is 7.08. The lowest BCUT2D eigenvalue weighted by atomic mass is 9.70. The van der Waals surface area contributed by atoms with E-state index in [0.29, 0.717) is 40.9 Å². The highest BCUT2D eigenvalue weighted by molar-refractivity contribution is 5.93. The molecule has 6 atom stereocenters. The maximum absolute atomic E-state index is 12.2. The second kappa shape index (κ2) is 8.46. The van der Waals surface area contributed by atoms with Gasteiger partial charge in [0.2, 0.25) is 5.76 Å². The molecule has 5 rings (SSSR count). The van der Waals surface area contributed by atoms with Crippen molar-refractivity contribution in [2.24, 2.45) is 17.8 Å². The highest BCUT2D eigenvalue weighted by atomic mass is 16.6. The van der Waals surface area contributed by atoms with Crippen LogP contribution in [0.15, 0.2) is 34.7 Å². The molecule has 6 unspecified atom stereocenters. The molecule has 0 spiro atoms. The van der Waals surface area contributed by atoms with Crippen molar-refractivity contribution in [2.75, 3.05) is 7.11 Å². The lowest BCUT2D eigenvalue weighted by Crippen LogP contribution is -2.65. The van der Waals surface area contributed by atoms with Crippen molar-refractivity contribution in [1.29, 1.82) is 0 Å². The first-order chi connectivity index (χ1) is 15.7. The number of piperidine rings is 2. The van der Waals surface area contributed by atoms with Crippen molar-refractivity contribution in [3.63, 3.8) is 0 Å². The summed E-state index contributed by atoms with van der Waals surface area (Å²) in [5.74, 6) is 3.15. The fraction of sp³-hybridized carbons (Fsp3) is 0.741. The molecular formula is C27H39NO5. The third kappa shape index (κ3) is 3.65. The summed E-state index contributed by atoms with van der Waals surface area (Å²) in [7, 11) is 1.57. The molecule has 6 heteroatoms. The van der Waals surface area contributed by atoms with Crippen LogP contribution >= 0.6 is 0 Å². The predicted octanol–water partition coefficient (Wildman–Crippen LogP) is 4.80. The van der Waals surface area contributed by atoms with Crippen LogP contribution in [-0.4, -0.2) is 46.8 Å². The minimum Gasteiger partial charge on any atom is -0.492 e. The van der Waals surface area contributed by atoms with Gasteiger partial charge in [-0.05, 0) is 63.9 Å². The normalized spacial score (nSPS) is 40.8. The Morgan fingerprint density at radius 1 is 1.27 bits per heavy atom. The summed E-state index contributed by atoms with van der Waals surface area (Å²) in [6.07, 6.45) is 10.4. The molecule has 0 bridgehead atoms. The highest BCUT2D eigenvalue weighted by Crippen LogP contribution is 2.53. The van der Waals surface area contributed by atoms with Gasteiger partial charge >= 0.3 is 5.97 Å². The Morgan fingerprint density at radius 2 is 2.06 bits per heavy atom. The highest BCUT2D eigenvalue weighted by Gasteiger charge is 2.56. The Bertz CT molecular complexity index is 917. The van der Waals surface area contributed by atoms with E-state index >= 15 is 0 Å². The molecule has 5 aliphatic rings. The number of methoxy groups -OCH3 is 1. The number of allylic oxidation sites excluding steroid dienone is 1. The van der Waals surface area contributed by atoms with E-state index in [1.807, 2.05) is 0 Å². The van der Waals surface area contributed by atoms with Gasteiger partial charge in [-0.15, -0.1) is 0 Å². The smallest absolute Gasteiger partial charge is 0.343 e. The minimum absolute atomic E-state index is 0.0725. The summed E-state index contributed by atoms with van der Waals surface area (Å²) in [5.41, 5.74) is -0.112. The van der Waals surface area contributed by atoms with Gasteiger partial charge in [0.05, 0.1) is 18.3 Å². The largest absolute Gasteiger partial charge is 0.492 e. The molecule has 5 aliphatic heterocycles. The number of hydrogen-bond acceptors (Lipinski definition) is 6. The van der Waals surface area contributed by atoms with E-state index in [1.165, 1.54) is 0 Å². The second-order valence-electron chi connectivity index (χ2n) is 11.2. The second-order valence-corrected chi connectivity index (χ2v) is 11.2. The van der Waals surface area contributed by atoms with Crippen LogP contribution in [0.25, 0.3) is 0 Å². The van der Waals surface area contributed by atoms with Gasteiger partial charge in [0, 0.05) is 30.0 Å². The number of ether oxygens (including phenoxy) is 3. The van der Waals surface area contributed by atoms with Crippen LogP contribution in [0.1, 0.15) is 79.1 Å². The van der Waals surface area contributed by atoms with E-state index in [4.69, 9.17) is 14.2 Å². The first kappa shape index (κ1) is 23.0. The Hall–Kier alpha value is -1.79. The van der Waals surface area contributed by atoms with Crippen LogP contribution in [-0.2, 0) is 19.0 Å². The molecule has 0 aliphatic carbocycles. The number of carbonyl (C=O) groups is 1. The zero-order chi connectivity index (χ0) is 23.5. The molecule has 3 fully saturated rings. The monoisotopic (exact) mass is 457 g/mol. The summed E-state index contributed by atoms with van der Waals surface area (Å²) in [6.45, 7) is 8.40. The van der Waals surface area contributed by atoms with E-state index in [-0.39, 0.29) is 23.8 Å².